The van der Waals surface area contributed by atoms with Crippen molar-refractivity contribution < 1.29 is 8.42 Å². The Morgan fingerprint density at radius 2 is 1.86 bits per heavy atom. The largest absolute Gasteiger partial charge is 0.326 e. The second-order valence-electron chi connectivity index (χ2n) is 4.48. The fourth-order valence-electron chi connectivity index (χ4n) is 1.81. The van der Waals surface area contributed by atoms with Crippen molar-refractivity contribution in [2.45, 2.75) is 16.3 Å². The molecule has 0 bridgehead atoms. The van der Waals surface area contributed by atoms with E-state index in [-0.39, 0.29) is 5.75 Å². The zero-order chi connectivity index (χ0) is 15.3. The van der Waals surface area contributed by atoms with Crippen molar-refractivity contribution in [3.8, 4) is 0 Å². The first kappa shape index (κ1) is 16.5. The molecule has 112 valence electrons. The minimum absolute atomic E-state index is 0.109. The minimum Gasteiger partial charge on any atom is -0.326 e. The molecule has 0 amide bonds. The Balaban J connectivity index is 2.01. The summed E-state index contributed by atoms with van der Waals surface area (Å²) in [6, 6.07) is 14.7. The van der Waals surface area contributed by atoms with Gasteiger partial charge in [0.25, 0.3) is 0 Å². The number of nitrogens with two attached hydrogens (primary N) is 1. The molecule has 0 radical (unpaired) electrons. The molecule has 0 aromatic heterocycles. The lowest BCUT2D eigenvalue weighted by Gasteiger charge is -2.06. The molecule has 2 aromatic rings. The van der Waals surface area contributed by atoms with Gasteiger partial charge < -0.3 is 5.73 Å². The van der Waals surface area contributed by atoms with E-state index in [0.29, 0.717) is 17.2 Å². The molecular weight excluding hydrogens is 370 g/mol. The van der Waals surface area contributed by atoms with Crippen LogP contribution in [0.4, 0.5) is 0 Å². The molecule has 0 spiro atoms. The molecule has 3 nitrogen and oxygen atoms in total. The first-order valence-electron chi connectivity index (χ1n) is 6.41. The average Bonchev–Trinajstić information content (AvgIpc) is 2.47. The topological polar surface area (TPSA) is 60.2 Å². The van der Waals surface area contributed by atoms with Crippen LogP contribution in [-0.4, -0.2) is 19.9 Å². The van der Waals surface area contributed by atoms with Gasteiger partial charge in [-0.2, -0.15) is 0 Å². The molecule has 2 rings (SSSR count). The summed E-state index contributed by atoms with van der Waals surface area (Å²) in [4.78, 5) is 1.40. The standard InChI is InChI=1S/C15H16BrNO2S2/c16-13-4-2-5-14(10-13)20-7-8-21(18,19)15-6-1-3-12(9-15)11-17/h1-6,9-10H,7-8,11,17H2. The van der Waals surface area contributed by atoms with Crippen molar-refractivity contribution >= 4 is 37.5 Å². The van der Waals surface area contributed by atoms with E-state index in [1.807, 2.05) is 30.3 Å². The maximum absolute atomic E-state index is 12.3. The molecule has 2 aromatic carbocycles. The summed E-state index contributed by atoms with van der Waals surface area (Å²) in [6.45, 7) is 0.343. The molecule has 21 heavy (non-hydrogen) atoms. The third-order valence-electron chi connectivity index (χ3n) is 2.91. The van der Waals surface area contributed by atoms with Gasteiger partial charge in [0.15, 0.2) is 9.84 Å². The van der Waals surface area contributed by atoms with E-state index in [1.165, 1.54) is 11.8 Å². The van der Waals surface area contributed by atoms with Crippen molar-refractivity contribution in [2.75, 3.05) is 11.5 Å². The number of sulfone groups is 1. The zero-order valence-corrected chi connectivity index (χ0v) is 14.5. The molecule has 2 N–H and O–H groups in total. The average molecular weight is 386 g/mol. The van der Waals surface area contributed by atoms with Crippen LogP contribution in [-0.2, 0) is 16.4 Å². The number of halogens is 1. The highest BCUT2D eigenvalue weighted by atomic mass is 79.9. The van der Waals surface area contributed by atoms with Gasteiger partial charge >= 0.3 is 0 Å². The van der Waals surface area contributed by atoms with Crippen LogP contribution in [0.15, 0.2) is 62.8 Å². The second-order valence-corrected chi connectivity index (χ2v) is 8.67. The van der Waals surface area contributed by atoms with Gasteiger partial charge in [0.1, 0.15) is 0 Å². The van der Waals surface area contributed by atoms with E-state index in [9.17, 15) is 8.42 Å². The summed E-state index contributed by atoms with van der Waals surface area (Å²) in [5, 5.41) is 0. The Kier molecular flexibility index (Phi) is 5.87. The van der Waals surface area contributed by atoms with E-state index in [4.69, 9.17) is 5.73 Å². The van der Waals surface area contributed by atoms with Gasteiger partial charge in [0.2, 0.25) is 0 Å². The number of thioether (sulfide) groups is 1. The predicted molar refractivity (Wildman–Crippen MR) is 91.3 cm³/mol. The highest BCUT2D eigenvalue weighted by molar-refractivity contribution is 9.10. The maximum Gasteiger partial charge on any atom is 0.179 e. The van der Waals surface area contributed by atoms with E-state index >= 15 is 0 Å². The van der Waals surface area contributed by atoms with Crippen LogP contribution in [0, 0.1) is 0 Å². The van der Waals surface area contributed by atoms with E-state index in [2.05, 4.69) is 15.9 Å². The van der Waals surface area contributed by atoms with E-state index < -0.39 is 9.84 Å². The number of hydrogen-bond donors (Lipinski definition) is 1. The van der Waals surface area contributed by atoms with Gasteiger partial charge in [-0.25, -0.2) is 8.42 Å². The van der Waals surface area contributed by atoms with Gasteiger partial charge in [0.05, 0.1) is 10.6 Å². The lowest BCUT2D eigenvalue weighted by molar-refractivity contribution is 0.597. The third-order valence-corrected chi connectivity index (χ3v) is 6.37. The van der Waals surface area contributed by atoms with Crippen LogP contribution in [0.3, 0.4) is 0 Å². The first-order valence-corrected chi connectivity index (χ1v) is 9.84. The molecule has 0 saturated carbocycles. The molecule has 0 aliphatic carbocycles. The smallest absolute Gasteiger partial charge is 0.179 e. The van der Waals surface area contributed by atoms with Crippen LogP contribution in [0.1, 0.15) is 5.56 Å². The van der Waals surface area contributed by atoms with Gasteiger partial charge in [-0.05, 0) is 35.9 Å². The Morgan fingerprint density at radius 1 is 1.10 bits per heavy atom. The third kappa shape index (κ3) is 4.85. The molecular formula is C15H16BrNO2S2. The molecule has 0 heterocycles. The number of rotatable bonds is 6. The summed E-state index contributed by atoms with van der Waals surface area (Å²) in [6.07, 6.45) is 0. The summed E-state index contributed by atoms with van der Waals surface area (Å²) >= 11 is 4.93. The monoisotopic (exact) mass is 385 g/mol. The van der Waals surface area contributed by atoms with Gasteiger partial charge in [-0.1, -0.05) is 34.1 Å². The normalized spacial score (nSPS) is 11.5. The Labute approximate surface area is 138 Å². The van der Waals surface area contributed by atoms with Crippen molar-refractivity contribution in [3.63, 3.8) is 0 Å². The van der Waals surface area contributed by atoms with Crippen molar-refractivity contribution in [3.05, 3.63) is 58.6 Å². The fraction of sp³-hybridized carbons (Fsp3) is 0.200. The molecule has 0 atom stereocenters. The highest BCUT2D eigenvalue weighted by Crippen LogP contribution is 2.23. The minimum atomic E-state index is -3.26. The molecule has 0 unspecified atom stereocenters. The van der Waals surface area contributed by atoms with Crippen molar-refractivity contribution in [2.24, 2.45) is 5.73 Å². The number of benzene rings is 2. The second kappa shape index (κ2) is 7.45. The summed E-state index contributed by atoms with van der Waals surface area (Å²) in [5.74, 6) is 0.629. The van der Waals surface area contributed by atoms with Gasteiger partial charge in [-0.15, -0.1) is 11.8 Å². The quantitative estimate of drug-likeness (QED) is 0.773. The van der Waals surface area contributed by atoms with Crippen LogP contribution in [0.25, 0.3) is 0 Å². The predicted octanol–water partition coefficient (Wildman–Crippen LogP) is 3.47. The highest BCUT2D eigenvalue weighted by Gasteiger charge is 2.14. The van der Waals surface area contributed by atoms with Crippen molar-refractivity contribution in [1.29, 1.82) is 0 Å². The van der Waals surface area contributed by atoms with E-state index in [1.54, 1.807) is 18.2 Å². The summed E-state index contributed by atoms with van der Waals surface area (Å²) < 4.78 is 25.6. The van der Waals surface area contributed by atoms with Gasteiger partial charge in [-0.3, -0.25) is 0 Å². The summed E-state index contributed by atoms with van der Waals surface area (Å²) in [5.41, 5.74) is 6.38. The molecule has 0 saturated heterocycles. The molecule has 0 aliphatic rings. The van der Waals surface area contributed by atoms with Crippen LogP contribution < -0.4 is 5.73 Å². The Bertz CT molecular complexity index is 717. The fourth-order valence-corrected chi connectivity index (χ4v) is 5.04. The first-order chi connectivity index (χ1) is 10.0. The van der Waals surface area contributed by atoms with Crippen molar-refractivity contribution in [1.82, 2.24) is 0 Å². The lowest BCUT2D eigenvalue weighted by atomic mass is 10.2. The maximum atomic E-state index is 12.3. The molecule has 0 fully saturated rings. The Hall–Kier alpha value is -0.820. The van der Waals surface area contributed by atoms with Crippen LogP contribution in [0.2, 0.25) is 0 Å². The van der Waals surface area contributed by atoms with Crippen LogP contribution in [0.5, 0.6) is 0 Å². The van der Waals surface area contributed by atoms with E-state index in [0.717, 1.165) is 14.9 Å². The van der Waals surface area contributed by atoms with Crippen LogP contribution >= 0.6 is 27.7 Å². The Morgan fingerprint density at radius 3 is 2.57 bits per heavy atom. The SMILES string of the molecule is NCc1cccc(S(=O)(=O)CCSc2cccc(Br)c2)c1. The van der Waals surface area contributed by atoms with Gasteiger partial charge in [0, 0.05) is 21.7 Å². The zero-order valence-electron chi connectivity index (χ0n) is 11.3. The molecule has 0 aliphatic heterocycles. The number of hydrogen-bond acceptors (Lipinski definition) is 4. The lowest BCUT2D eigenvalue weighted by Crippen LogP contribution is -2.09. The summed E-state index contributed by atoms with van der Waals surface area (Å²) in [7, 11) is -3.26. The molecule has 6 heteroatoms.